The molecular formula is C26H25N5O3S. The predicted octanol–water partition coefficient (Wildman–Crippen LogP) is 3.70. The van der Waals surface area contributed by atoms with E-state index in [1.54, 1.807) is 55.8 Å². The van der Waals surface area contributed by atoms with Gasteiger partial charge in [0.2, 0.25) is 0 Å². The van der Waals surface area contributed by atoms with E-state index < -0.39 is 0 Å². The summed E-state index contributed by atoms with van der Waals surface area (Å²) in [6, 6.07) is 22.1. The number of benzene rings is 3. The first-order chi connectivity index (χ1) is 17.0. The van der Waals surface area contributed by atoms with Gasteiger partial charge in [0.05, 0.1) is 35.7 Å². The Balaban J connectivity index is 1.51. The summed E-state index contributed by atoms with van der Waals surface area (Å²) in [6.45, 7) is 0. The van der Waals surface area contributed by atoms with Crippen LogP contribution in [0.3, 0.4) is 0 Å². The number of ether oxygens (including phenoxy) is 1. The summed E-state index contributed by atoms with van der Waals surface area (Å²) >= 11 is 1.17. The lowest BCUT2D eigenvalue weighted by molar-refractivity contribution is -0.118. The maximum absolute atomic E-state index is 13.3. The van der Waals surface area contributed by atoms with Gasteiger partial charge in [0.1, 0.15) is 5.75 Å². The number of amides is 1. The van der Waals surface area contributed by atoms with Crippen LogP contribution in [-0.4, -0.2) is 48.6 Å². The van der Waals surface area contributed by atoms with Crippen LogP contribution in [0.15, 0.2) is 87.8 Å². The third kappa shape index (κ3) is 5.70. The van der Waals surface area contributed by atoms with Crippen LogP contribution in [0.5, 0.6) is 5.75 Å². The van der Waals surface area contributed by atoms with Crippen molar-refractivity contribution in [1.82, 2.24) is 15.0 Å². The molecule has 0 spiro atoms. The number of para-hydroxylation sites is 1. The zero-order chi connectivity index (χ0) is 24.8. The number of anilines is 1. The molecule has 8 nitrogen and oxygen atoms in total. The maximum atomic E-state index is 13.3. The predicted molar refractivity (Wildman–Crippen MR) is 141 cm³/mol. The minimum atomic E-state index is -0.306. The van der Waals surface area contributed by atoms with Gasteiger partial charge in [0.25, 0.3) is 11.5 Å². The van der Waals surface area contributed by atoms with Crippen LogP contribution < -0.4 is 20.6 Å². The number of aromatic nitrogens is 2. The highest BCUT2D eigenvalue weighted by molar-refractivity contribution is 7.99. The maximum Gasteiger partial charge on any atom is 0.266 e. The van der Waals surface area contributed by atoms with E-state index in [-0.39, 0.29) is 17.2 Å². The average Bonchev–Trinajstić information content (AvgIpc) is 2.88. The highest BCUT2D eigenvalue weighted by Crippen LogP contribution is 2.22. The summed E-state index contributed by atoms with van der Waals surface area (Å²) in [4.78, 5) is 32.4. The normalized spacial score (nSPS) is 11.1. The Labute approximate surface area is 207 Å². The van der Waals surface area contributed by atoms with Crippen molar-refractivity contribution < 1.29 is 9.53 Å². The summed E-state index contributed by atoms with van der Waals surface area (Å²) in [5.41, 5.74) is 5.48. The molecule has 1 heterocycles. The molecule has 0 fully saturated rings. The molecule has 0 radical (unpaired) electrons. The second-order valence-electron chi connectivity index (χ2n) is 7.82. The van der Waals surface area contributed by atoms with E-state index in [9.17, 15) is 9.59 Å². The number of nitrogens with zero attached hydrogens (tertiary/aromatic N) is 4. The van der Waals surface area contributed by atoms with Crippen molar-refractivity contribution >= 4 is 40.5 Å². The number of nitrogens with one attached hydrogen (secondary N) is 1. The van der Waals surface area contributed by atoms with Crippen molar-refractivity contribution in [2.75, 3.05) is 31.9 Å². The fraction of sp³-hybridized carbons (Fsp3) is 0.154. The van der Waals surface area contributed by atoms with Gasteiger partial charge in [-0.3, -0.25) is 14.2 Å². The number of thioether (sulfide) groups is 1. The Kier molecular flexibility index (Phi) is 7.47. The van der Waals surface area contributed by atoms with Gasteiger partial charge in [-0.25, -0.2) is 10.4 Å². The Morgan fingerprint density at radius 2 is 1.80 bits per heavy atom. The number of carbonyl (C=O) groups excluding carboxylic acids is 1. The first kappa shape index (κ1) is 24.0. The number of hydrogen-bond acceptors (Lipinski definition) is 7. The molecule has 178 valence electrons. The number of hydrazone groups is 1. The van der Waals surface area contributed by atoms with Crippen LogP contribution >= 0.6 is 11.8 Å². The standard InChI is InChI=1S/C26H25N5O3S/c1-30(2)19-10-8-18(9-11-19)16-27-29-24(32)17-35-26-28-23-7-5-4-6-22(23)25(33)31(26)20-12-14-21(34-3)15-13-20/h4-16H,17H2,1-3H3,(H,29,32). The summed E-state index contributed by atoms with van der Waals surface area (Å²) < 4.78 is 6.73. The molecule has 35 heavy (non-hydrogen) atoms. The van der Waals surface area contributed by atoms with Crippen LogP contribution in [0, 0.1) is 0 Å². The first-order valence-electron chi connectivity index (χ1n) is 10.8. The molecule has 0 aliphatic heterocycles. The highest BCUT2D eigenvalue weighted by atomic mass is 32.2. The van der Waals surface area contributed by atoms with Crippen LogP contribution in [0.4, 0.5) is 5.69 Å². The lowest BCUT2D eigenvalue weighted by atomic mass is 10.2. The lowest BCUT2D eigenvalue weighted by Gasteiger charge is -2.13. The van der Waals surface area contributed by atoms with E-state index in [0.717, 1.165) is 11.3 Å². The van der Waals surface area contributed by atoms with E-state index in [1.807, 2.05) is 49.3 Å². The fourth-order valence-corrected chi connectivity index (χ4v) is 4.17. The lowest BCUT2D eigenvalue weighted by Crippen LogP contribution is -2.24. The second kappa shape index (κ2) is 10.9. The molecule has 4 rings (SSSR count). The van der Waals surface area contributed by atoms with Crippen molar-refractivity contribution in [3.63, 3.8) is 0 Å². The number of fused-ring (bicyclic) bond motifs is 1. The van der Waals surface area contributed by atoms with Crippen molar-refractivity contribution in [1.29, 1.82) is 0 Å². The van der Waals surface area contributed by atoms with Crippen LogP contribution in [0.25, 0.3) is 16.6 Å². The van der Waals surface area contributed by atoms with Gasteiger partial charge >= 0.3 is 0 Å². The number of rotatable bonds is 8. The fourth-order valence-electron chi connectivity index (χ4n) is 3.37. The van der Waals surface area contributed by atoms with Gasteiger partial charge in [-0.15, -0.1) is 0 Å². The molecule has 4 aromatic rings. The molecule has 1 N–H and O–H groups in total. The van der Waals surface area contributed by atoms with E-state index in [2.05, 4.69) is 15.5 Å². The quantitative estimate of drug-likeness (QED) is 0.176. The molecule has 0 atom stereocenters. The summed E-state index contributed by atoms with van der Waals surface area (Å²) in [5.74, 6) is 0.413. The zero-order valence-corrected chi connectivity index (χ0v) is 20.5. The minimum Gasteiger partial charge on any atom is -0.497 e. The number of methoxy groups -OCH3 is 1. The topological polar surface area (TPSA) is 88.8 Å². The van der Waals surface area contributed by atoms with Crippen molar-refractivity contribution in [2.24, 2.45) is 5.10 Å². The van der Waals surface area contributed by atoms with E-state index in [0.29, 0.717) is 27.5 Å². The Hall–Kier alpha value is -4.11. The monoisotopic (exact) mass is 487 g/mol. The molecule has 0 bridgehead atoms. The van der Waals surface area contributed by atoms with Gasteiger partial charge in [0.15, 0.2) is 5.16 Å². The number of carbonyl (C=O) groups is 1. The third-order valence-corrected chi connectivity index (χ3v) is 6.16. The molecule has 3 aromatic carbocycles. The molecule has 0 aliphatic rings. The Bertz CT molecular complexity index is 1410. The van der Waals surface area contributed by atoms with Crippen LogP contribution in [0.2, 0.25) is 0 Å². The molecule has 0 saturated heterocycles. The Morgan fingerprint density at radius 1 is 1.09 bits per heavy atom. The molecule has 0 unspecified atom stereocenters. The van der Waals surface area contributed by atoms with E-state index in [1.165, 1.54) is 16.3 Å². The summed E-state index contributed by atoms with van der Waals surface area (Å²) in [5, 5.41) is 4.96. The van der Waals surface area contributed by atoms with Crippen LogP contribution in [-0.2, 0) is 4.79 Å². The second-order valence-corrected chi connectivity index (χ2v) is 8.76. The molecular weight excluding hydrogens is 462 g/mol. The summed E-state index contributed by atoms with van der Waals surface area (Å²) in [7, 11) is 5.53. The highest BCUT2D eigenvalue weighted by Gasteiger charge is 2.15. The number of hydrogen-bond donors (Lipinski definition) is 1. The molecule has 1 amide bonds. The van der Waals surface area contributed by atoms with Crippen LogP contribution in [0.1, 0.15) is 5.56 Å². The van der Waals surface area contributed by atoms with Crippen molar-refractivity contribution in [2.45, 2.75) is 5.16 Å². The van der Waals surface area contributed by atoms with Crippen molar-refractivity contribution in [3.05, 3.63) is 88.7 Å². The molecule has 0 saturated carbocycles. The smallest absolute Gasteiger partial charge is 0.266 e. The van der Waals surface area contributed by atoms with Gasteiger partial charge in [0, 0.05) is 19.8 Å². The largest absolute Gasteiger partial charge is 0.497 e. The first-order valence-corrected chi connectivity index (χ1v) is 11.8. The van der Waals surface area contributed by atoms with E-state index >= 15 is 0 Å². The van der Waals surface area contributed by atoms with Gasteiger partial charge in [-0.1, -0.05) is 36.0 Å². The SMILES string of the molecule is COc1ccc(-n2c(SCC(=O)NN=Cc3ccc(N(C)C)cc3)nc3ccccc3c2=O)cc1. The zero-order valence-electron chi connectivity index (χ0n) is 19.6. The van der Waals surface area contributed by atoms with Gasteiger partial charge in [-0.2, -0.15) is 5.10 Å². The minimum absolute atomic E-state index is 0.0395. The van der Waals surface area contributed by atoms with Crippen molar-refractivity contribution in [3.8, 4) is 11.4 Å². The van der Waals surface area contributed by atoms with E-state index in [4.69, 9.17) is 4.74 Å². The molecule has 9 heteroatoms. The third-order valence-electron chi connectivity index (χ3n) is 5.22. The Morgan fingerprint density at radius 3 is 2.49 bits per heavy atom. The van der Waals surface area contributed by atoms with Gasteiger partial charge < -0.3 is 9.64 Å². The molecule has 1 aromatic heterocycles. The average molecular weight is 488 g/mol. The summed E-state index contributed by atoms with van der Waals surface area (Å²) in [6.07, 6.45) is 1.59. The van der Waals surface area contributed by atoms with Gasteiger partial charge in [-0.05, 0) is 54.1 Å². The molecule has 0 aliphatic carbocycles.